The van der Waals surface area contributed by atoms with E-state index in [9.17, 15) is 5.11 Å². The Morgan fingerprint density at radius 2 is 1.28 bits per heavy atom. The number of hydrogen-bond donors (Lipinski definition) is 1. The molecule has 0 amide bonds. The van der Waals surface area contributed by atoms with Crippen molar-refractivity contribution in [1.82, 2.24) is 23.9 Å². The first kappa shape index (κ1) is 47.9. The van der Waals surface area contributed by atoms with Crippen LogP contribution in [0, 0.1) is 6.07 Å². The molecule has 7 aromatic carbocycles. The maximum absolute atomic E-state index is 12.7. The van der Waals surface area contributed by atoms with E-state index in [-0.39, 0.29) is 53.9 Å². The van der Waals surface area contributed by atoms with Crippen LogP contribution in [-0.4, -0.2) is 29.0 Å². The number of aromatic nitrogens is 5. The Balaban J connectivity index is 0.00000560. The number of benzene rings is 7. The number of phenols is 1. The van der Waals surface area contributed by atoms with Gasteiger partial charge in [0.05, 0.1) is 27.8 Å². The molecule has 0 atom stereocenters. The molecule has 0 fully saturated rings. The third-order valence-corrected chi connectivity index (χ3v) is 16.0. The van der Waals surface area contributed by atoms with E-state index in [4.69, 9.17) is 15.0 Å². The van der Waals surface area contributed by atoms with Gasteiger partial charge < -0.3 is 9.51 Å². The van der Waals surface area contributed by atoms with Crippen molar-refractivity contribution in [3.63, 3.8) is 0 Å². The van der Waals surface area contributed by atoms with Crippen molar-refractivity contribution in [3.8, 4) is 45.1 Å². The number of imidazole rings is 1. The largest absolute Gasteiger partial charge is 0.507 e. The summed E-state index contributed by atoms with van der Waals surface area (Å²) in [6.45, 7) is 29.7. The maximum atomic E-state index is 12.7. The first-order valence-electron chi connectivity index (χ1n) is 25.5. The van der Waals surface area contributed by atoms with E-state index < -0.39 is 0 Å². The molecule has 1 aliphatic rings. The molecule has 6 nitrogen and oxygen atoms in total. The molecule has 72 heavy (non-hydrogen) atoms. The Morgan fingerprint density at radius 1 is 0.597 bits per heavy atom. The molecule has 1 N–H and O–H groups in total. The maximum Gasteiger partial charge on any atom is 0.148 e. The molecule has 4 heterocycles. The van der Waals surface area contributed by atoms with E-state index in [0.717, 1.165) is 95.7 Å². The summed E-state index contributed by atoms with van der Waals surface area (Å²) in [6, 6.07) is 46.0. The van der Waals surface area contributed by atoms with Crippen molar-refractivity contribution in [1.29, 1.82) is 0 Å². The molecular weight excluding hydrogens is 1060 g/mol. The molecular formula is C65H64N5OPt-. The van der Waals surface area contributed by atoms with Crippen molar-refractivity contribution < 1.29 is 26.2 Å². The van der Waals surface area contributed by atoms with Crippen molar-refractivity contribution in [2.45, 2.75) is 130 Å². The minimum atomic E-state index is -0.340. The van der Waals surface area contributed by atoms with Gasteiger partial charge in [0, 0.05) is 54.1 Å². The Labute approximate surface area is 438 Å². The molecule has 0 bridgehead atoms. The molecule has 0 aliphatic heterocycles. The Bertz CT molecular complexity index is 4000. The zero-order valence-electron chi connectivity index (χ0n) is 44.0. The number of phenolic OH excluding ortho intramolecular Hbond substituents is 1. The van der Waals surface area contributed by atoms with Crippen LogP contribution in [0.4, 0.5) is 0 Å². The minimum absolute atomic E-state index is 0. The van der Waals surface area contributed by atoms with Crippen LogP contribution in [0.2, 0.25) is 0 Å². The Morgan fingerprint density at radius 3 is 2.00 bits per heavy atom. The molecule has 0 unspecified atom stereocenters. The second-order valence-corrected chi connectivity index (χ2v) is 24.9. The molecule has 11 aromatic rings. The normalized spacial score (nSPS) is 15.1. The van der Waals surface area contributed by atoms with Crippen LogP contribution >= 0.6 is 0 Å². The van der Waals surface area contributed by atoms with E-state index in [0.29, 0.717) is 11.4 Å². The van der Waals surface area contributed by atoms with Crippen molar-refractivity contribution in [3.05, 3.63) is 155 Å². The summed E-state index contributed by atoms with van der Waals surface area (Å²) in [4.78, 5) is 16.0. The molecule has 0 radical (unpaired) electrons. The van der Waals surface area contributed by atoms with Crippen LogP contribution in [0.5, 0.6) is 5.75 Å². The summed E-state index contributed by atoms with van der Waals surface area (Å²) < 4.78 is 4.82. The predicted octanol–water partition coefficient (Wildman–Crippen LogP) is 16.9. The zero-order valence-corrected chi connectivity index (χ0v) is 46.2. The summed E-state index contributed by atoms with van der Waals surface area (Å²) in [6.07, 6.45) is 3.95. The predicted molar refractivity (Wildman–Crippen MR) is 297 cm³/mol. The van der Waals surface area contributed by atoms with Gasteiger partial charge in [-0.25, -0.2) is 9.97 Å². The number of nitrogens with zero attached hydrogens (tertiary/aromatic N) is 5. The van der Waals surface area contributed by atoms with Crippen molar-refractivity contribution >= 4 is 60.2 Å². The van der Waals surface area contributed by atoms with Gasteiger partial charge in [-0.3, -0.25) is 9.55 Å². The number of pyridine rings is 1. The minimum Gasteiger partial charge on any atom is -0.507 e. The standard InChI is InChI=1S/C65H64N5O.Pt/c1-61(2,3)39-26-27-51(43(32-39)37-20-15-14-16-21-37)69-52-25-19-23-41(55(52)68-60(69)46-33-40(62(4,5)6)34-48(59(46)71)63(7,8)9)38-30-44-42-22-17-18-24-50(42)70-57(44)45(31-38)56-53-49(66-36-67-56)35-47-54(58(53)70)65(12,13)29-28-64(47,10)11;/h14-27,30,32-36,71H,28-29H2,1-13H3;/q-1;. The fraction of sp³-hybridized carbons (Fsp3) is 0.308. The number of fused-ring (bicyclic) bond motifs is 8. The summed E-state index contributed by atoms with van der Waals surface area (Å²) in [5.74, 6) is 0.935. The van der Waals surface area contributed by atoms with Gasteiger partial charge in [-0.1, -0.05) is 179 Å². The first-order valence-corrected chi connectivity index (χ1v) is 25.5. The first-order chi connectivity index (χ1) is 33.5. The van der Waals surface area contributed by atoms with Gasteiger partial charge in [-0.2, -0.15) is 0 Å². The Kier molecular flexibility index (Phi) is 10.7. The SMILES string of the molecule is CC(C)(C)c1ccc(-n2c(-c3cc(C(C)(C)C)cc(C(C)(C)C)c3O)nc3c(-c4[c-]c5c6ncnc7cc8c(c(c76)n6c7ccccc7c(c4)c56)C(C)(C)CCC8(C)C)cccc32)c(-c2ccccc2)c1.[Pt]. The topological polar surface area (TPSA) is 68.2 Å². The third kappa shape index (κ3) is 7.17. The fourth-order valence-corrected chi connectivity index (χ4v) is 11.9. The van der Waals surface area contributed by atoms with Crippen LogP contribution in [0.3, 0.4) is 0 Å². The summed E-state index contributed by atoms with van der Waals surface area (Å²) in [5, 5.41) is 17.1. The van der Waals surface area contributed by atoms with Crippen LogP contribution in [0.15, 0.2) is 122 Å². The second kappa shape index (κ2) is 16.1. The van der Waals surface area contributed by atoms with Gasteiger partial charge in [0.25, 0.3) is 0 Å². The van der Waals surface area contributed by atoms with Crippen LogP contribution in [0.1, 0.15) is 131 Å². The third-order valence-electron chi connectivity index (χ3n) is 16.0. The van der Waals surface area contributed by atoms with Gasteiger partial charge >= 0.3 is 0 Å². The monoisotopic (exact) mass is 1130 g/mol. The molecule has 1 aliphatic carbocycles. The van der Waals surface area contributed by atoms with E-state index >= 15 is 0 Å². The molecule has 0 saturated heterocycles. The quantitative estimate of drug-likeness (QED) is 0.108. The van der Waals surface area contributed by atoms with Crippen molar-refractivity contribution in [2.75, 3.05) is 0 Å². The fourth-order valence-electron chi connectivity index (χ4n) is 11.9. The summed E-state index contributed by atoms with van der Waals surface area (Å²) in [5.41, 5.74) is 18.3. The van der Waals surface area contributed by atoms with E-state index in [1.807, 2.05) is 0 Å². The Hall–Kier alpha value is -6.36. The van der Waals surface area contributed by atoms with Crippen LogP contribution < -0.4 is 0 Å². The van der Waals surface area contributed by atoms with E-state index in [2.05, 4.69) is 220 Å². The van der Waals surface area contributed by atoms with Crippen LogP contribution in [0.25, 0.3) is 99.5 Å². The molecule has 7 heteroatoms. The number of aromatic hydroxyl groups is 1. The molecule has 0 spiro atoms. The van der Waals surface area contributed by atoms with Gasteiger partial charge in [-0.15, -0.1) is 17.7 Å². The summed E-state index contributed by atoms with van der Waals surface area (Å²) in [7, 11) is 0. The number of hydrogen-bond acceptors (Lipinski definition) is 4. The smallest absolute Gasteiger partial charge is 0.148 e. The molecule has 0 saturated carbocycles. The summed E-state index contributed by atoms with van der Waals surface area (Å²) >= 11 is 0. The number of rotatable bonds is 4. The van der Waals surface area contributed by atoms with Gasteiger partial charge in [0.15, 0.2) is 0 Å². The average molecular weight is 1130 g/mol. The van der Waals surface area contributed by atoms with Crippen LogP contribution in [-0.2, 0) is 48.1 Å². The molecule has 12 rings (SSSR count). The van der Waals surface area contributed by atoms with E-state index in [1.54, 1.807) is 6.33 Å². The molecule has 366 valence electrons. The van der Waals surface area contributed by atoms with Gasteiger partial charge in [-0.05, 0) is 115 Å². The van der Waals surface area contributed by atoms with Gasteiger partial charge in [0.2, 0.25) is 0 Å². The second-order valence-electron chi connectivity index (χ2n) is 24.9. The molecule has 4 aromatic heterocycles. The average Bonchev–Trinajstić information content (AvgIpc) is 3.87. The number of para-hydroxylation sites is 2. The van der Waals surface area contributed by atoms with E-state index in [1.165, 1.54) is 33.1 Å². The van der Waals surface area contributed by atoms with Crippen molar-refractivity contribution in [2.24, 2.45) is 0 Å². The zero-order chi connectivity index (χ0) is 49.9. The van der Waals surface area contributed by atoms with Gasteiger partial charge in [0.1, 0.15) is 17.9 Å².